The smallest absolute Gasteiger partial charge is 0.135 e. The number of hydrogen-bond donors (Lipinski definition) is 2. The number of fused-ring (bicyclic) bond motifs is 3. The molecule has 5 rings (SSSR count). The lowest BCUT2D eigenvalue weighted by atomic mass is 9.86. The number of allylic oxidation sites excluding steroid dienone is 1. The Bertz CT molecular complexity index is 1420. The maximum Gasteiger partial charge on any atom is 0.135 e. The second kappa shape index (κ2) is 10.1. The molecule has 0 unspecified atom stereocenters. The summed E-state index contributed by atoms with van der Waals surface area (Å²) < 4.78 is 23.7. The van der Waals surface area contributed by atoms with Crippen molar-refractivity contribution in [3.63, 3.8) is 0 Å². The molecule has 1 aliphatic rings. The van der Waals surface area contributed by atoms with Gasteiger partial charge in [0.05, 0.1) is 33.7 Å². The van der Waals surface area contributed by atoms with Gasteiger partial charge in [-0.3, -0.25) is 4.98 Å². The van der Waals surface area contributed by atoms with Crippen LogP contribution in [-0.4, -0.2) is 41.1 Å². The molecule has 3 heterocycles. The Morgan fingerprint density at radius 3 is 2.53 bits per heavy atom. The van der Waals surface area contributed by atoms with E-state index in [0.29, 0.717) is 28.2 Å². The Labute approximate surface area is 215 Å². The first-order valence-corrected chi connectivity index (χ1v) is 13.4. The number of aromatic nitrogens is 2. The van der Waals surface area contributed by atoms with E-state index in [2.05, 4.69) is 34.9 Å². The summed E-state index contributed by atoms with van der Waals surface area (Å²) >= 11 is 1.53. The molecule has 1 saturated heterocycles. The molecule has 0 spiro atoms. The molecule has 0 amide bonds. The summed E-state index contributed by atoms with van der Waals surface area (Å²) in [6.45, 7) is 3.25. The van der Waals surface area contributed by atoms with E-state index in [4.69, 9.17) is 21.3 Å². The molecule has 4 N–H and O–H groups in total. The molecule has 2 aromatic carbocycles. The number of nitrogens with zero attached hydrogens (tertiary/aromatic N) is 3. The van der Waals surface area contributed by atoms with E-state index in [1.165, 1.54) is 22.3 Å². The second-order valence-corrected chi connectivity index (χ2v) is 10.3. The van der Waals surface area contributed by atoms with E-state index in [-0.39, 0.29) is 11.9 Å². The molecule has 1 aliphatic heterocycles. The summed E-state index contributed by atoms with van der Waals surface area (Å²) in [5.41, 5.74) is 11.8. The van der Waals surface area contributed by atoms with Crippen molar-refractivity contribution in [2.45, 2.75) is 30.7 Å². The van der Waals surface area contributed by atoms with E-state index in [9.17, 15) is 0 Å². The quantitative estimate of drug-likeness (QED) is 0.204. The van der Waals surface area contributed by atoms with E-state index in [0.717, 1.165) is 47.5 Å². The van der Waals surface area contributed by atoms with E-state index in [1.807, 2.05) is 25.3 Å². The fourth-order valence-electron chi connectivity index (χ4n) is 5.52. The van der Waals surface area contributed by atoms with Crippen molar-refractivity contribution in [3.05, 3.63) is 77.4 Å². The third-order valence-corrected chi connectivity index (χ3v) is 7.74. The number of rotatable bonds is 6. The minimum absolute atomic E-state index is 0.00864. The largest absolute Gasteiger partial charge is 0.401 e. The molecule has 2 aromatic heterocycles. The summed E-state index contributed by atoms with van der Waals surface area (Å²) in [5.74, 6) is 6.21. The minimum Gasteiger partial charge on any atom is -0.401 e. The predicted molar refractivity (Wildman–Crippen MR) is 146 cm³/mol. The highest BCUT2D eigenvalue weighted by Crippen LogP contribution is 2.42. The van der Waals surface area contributed by atoms with Gasteiger partial charge in [0.2, 0.25) is 0 Å². The first-order chi connectivity index (χ1) is 17.4. The van der Waals surface area contributed by atoms with Gasteiger partial charge in [-0.15, -0.1) is 11.8 Å². The monoisotopic (exact) mass is 505 g/mol. The van der Waals surface area contributed by atoms with Gasteiger partial charge in [0.25, 0.3) is 0 Å². The van der Waals surface area contributed by atoms with Gasteiger partial charge < -0.3 is 20.0 Å². The summed E-state index contributed by atoms with van der Waals surface area (Å²) in [5, 5.41) is 2.04. The van der Waals surface area contributed by atoms with Crippen LogP contribution in [0.2, 0.25) is 0 Å². The molecule has 0 radical (unpaired) electrons. The standard InChI is InChI=1S/C28H32FN5OS/c1-17(30)27(33(2)31)20-13-24-26(32-16-20)25-22(29)14-21(36-3)15-23(25)34(24)28(18-7-5-4-6-8-18)19-9-11-35-12-10-19/h4-8,13-16,19,28H,9-12,30-31H2,1-3H3/b27-17-/t28-/m1/s1. The second-order valence-electron chi connectivity index (χ2n) is 9.41. The SMILES string of the molecule is CSc1cc(F)c2c3ncc(/C(=C(\C)N)N(C)N)cc3n([C@H](c3ccccc3)C3CCOCC3)c2c1. The third kappa shape index (κ3) is 4.34. The first kappa shape index (κ1) is 24.6. The van der Waals surface area contributed by atoms with Crippen molar-refractivity contribution < 1.29 is 9.13 Å². The number of thioether (sulfide) groups is 1. The molecule has 0 bridgehead atoms. The molecule has 8 heteroatoms. The predicted octanol–water partition coefficient (Wildman–Crippen LogP) is 5.52. The maximum absolute atomic E-state index is 15.7. The van der Waals surface area contributed by atoms with E-state index < -0.39 is 0 Å². The zero-order valence-corrected chi connectivity index (χ0v) is 21.7. The van der Waals surface area contributed by atoms with Crippen molar-refractivity contribution in [2.24, 2.45) is 17.5 Å². The fourth-order valence-corrected chi connectivity index (χ4v) is 5.97. The van der Waals surface area contributed by atoms with Crippen LogP contribution in [0.15, 0.2) is 65.3 Å². The van der Waals surface area contributed by atoms with Crippen LogP contribution >= 0.6 is 11.8 Å². The zero-order valence-electron chi connectivity index (χ0n) is 20.9. The Morgan fingerprint density at radius 1 is 1.17 bits per heavy atom. The summed E-state index contributed by atoms with van der Waals surface area (Å²) in [4.78, 5) is 5.67. The number of pyridine rings is 1. The van der Waals surface area contributed by atoms with Crippen LogP contribution in [0.5, 0.6) is 0 Å². The highest BCUT2D eigenvalue weighted by Gasteiger charge is 2.31. The van der Waals surface area contributed by atoms with Gasteiger partial charge in [0.15, 0.2) is 0 Å². The van der Waals surface area contributed by atoms with Crippen molar-refractivity contribution in [1.29, 1.82) is 0 Å². The Balaban J connectivity index is 1.88. The lowest BCUT2D eigenvalue weighted by Crippen LogP contribution is -2.27. The number of nitrogens with two attached hydrogens (primary N) is 2. The van der Waals surface area contributed by atoms with Crippen LogP contribution in [0, 0.1) is 11.7 Å². The molecule has 1 atom stereocenters. The van der Waals surface area contributed by atoms with Crippen LogP contribution in [0.4, 0.5) is 4.39 Å². The average molecular weight is 506 g/mol. The van der Waals surface area contributed by atoms with E-state index >= 15 is 4.39 Å². The topological polar surface area (TPSA) is 82.3 Å². The number of hydrogen-bond acceptors (Lipinski definition) is 6. The van der Waals surface area contributed by atoms with Gasteiger partial charge in [0.1, 0.15) is 5.82 Å². The highest BCUT2D eigenvalue weighted by molar-refractivity contribution is 7.98. The van der Waals surface area contributed by atoms with Gasteiger partial charge in [-0.05, 0) is 55.7 Å². The van der Waals surface area contributed by atoms with Gasteiger partial charge in [-0.25, -0.2) is 10.2 Å². The van der Waals surface area contributed by atoms with Crippen LogP contribution in [-0.2, 0) is 4.74 Å². The number of benzene rings is 2. The van der Waals surface area contributed by atoms with Gasteiger partial charge in [-0.2, -0.15) is 0 Å². The molecule has 0 aliphatic carbocycles. The minimum atomic E-state index is -0.263. The van der Waals surface area contributed by atoms with Crippen molar-refractivity contribution in [2.75, 3.05) is 26.5 Å². The van der Waals surface area contributed by atoms with Crippen molar-refractivity contribution in [1.82, 2.24) is 14.6 Å². The lowest BCUT2D eigenvalue weighted by Gasteiger charge is -2.33. The molecule has 188 valence electrons. The van der Waals surface area contributed by atoms with Crippen LogP contribution in [0.1, 0.15) is 36.9 Å². The Hall–Kier alpha value is -3.07. The summed E-state index contributed by atoms with van der Waals surface area (Å²) in [7, 11) is 1.75. The van der Waals surface area contributed by atoms with Crippen LogP contribution in [0.3, 0.4) is 0 Å². The average Bonchev–Trinajstić information content (AvgIpc) is 3.19. The van der Waals surface area contributed by atoms with E-state index in [1.54, 1.807) is 19.3 Å². The molecule has 0 saturated carbocycles. The van der Waals surface area contributed by atoms with Crippen molar-refractivity contribution in [3.8, 4) is 0 Å². The van der Waals surface area contributed by atoms with Crippen molar-refractivity contribution >= 4 is 39.4 Å². The number of halogens is 1. The normalized spacial score (nSPS) is 16.4. The van der Waals surface area contributed by atoms with Crippen LogP contribution in [0.25, 0.3) is 27.6 Å². The summed E-state index contributed by atoms with van der Waals surface area (Å²) in [6, 6.07) is 16.2. The maximum atomic E-state index is 15.7. The number of ether oxygens (including phenoxy) is 1. The van der Waals surface area contributed by atoms with Gasteiger partial charge in [-0.1, -0.05) is 30.3 Å². The van der Waals surface area contributed by atoms with Gasteiger partial charge >= 0.3 is 0 Å². The lowest BCUT2D eigenvalue weighted by molar-refractivity contribution is 0.0552. The molecule has 36 heavy (non-hydrogen) atoms. The molecular formula is C28H32FN5OS. The molecule has 6 nitrogen and oxygen atoms in total. The fraction of sp³-hybridized carbons (Fsp3) is 0.321. The van der Waals surface area contributed by atoms with Crippen LogP contribution < -0.4 is 11.6 Å². The third-order valence-electron chi connectivity index (χ3n) is 7.03. The highest BCUT2D eigenvalue weighted by atomic mass is 32.2. The molecular weight excluding hydrogens is 473 g/mol. The number of hydrazine groups is 1. The summed E-state index contributed by atoms with van der Waals surface area (Å²) in [6.07, 6.45) is 5.55. The Kier molecular flexibility index (Phi) is 6.92. The first-order valence-electron chi connectivity index (χ1n) is 12.2. The Morgan fingerprint density at radius 2 is 1.89 bits per heavy atom. The molecule has 4 aromatic rings. The zero-order chi connectivity index (χ0) is 25.4. The van der Waals surface area contributed by atoms with Gasteiger partial charge in [0, 0.05) is 42.6 Å². The molecule has 1 fully saturated rings.